The number of anilines is 1. The number of benzene rings is 3. The fraction of sp³-hybridized carbons (Fsp3) is 0. The van der Waals surface area contributed by atoms with Crippen molar-refractivity contribution < 1.29 is 13.2 Å². The molecule has 0 bridgehead atoms. The monoisotopic (exact) mass is 404 g/mol. The third-order valence-corrected chi connectivity index (χ3v) is 5.22. The molecule has 8 heteroatoms. The van der Waals surface area contributed by atoms with Gasteiger partial charge in [-0.1, -0.05) is 66.7 Å². The van der Waals surface area contributed by atoms with Crippen LogP contribution in [-0.2, 0) is 10.0 Å². The smallest absolute Gasteiger partial charge is 0.327 e. The van der Waals surface area contributed by atoms with Crippen molar-refractivity contribution in [3.8, 4) is 23.1 Å². The summed E-state index contributed by atoms with van der Waals surface area (Å²) in [7, 11) is -3.86. The highest BCUT2D eigenvalue weighted by Crippen LogP contribution is 2.23. The number of hydrogen-bond donors (Lipinski definition) is 1. The number of ether oxygens (including phenoxy) is 1. The molecule has 1 heterocycles. The van der Waals surface area contributed by atoms with Gasteiger partial charge in [-0.2, -0.15) is 15.0 Å². The molecule has 0 aliphatic carbocycles. The van der Waals surface area contributed by atoms with E-state index in [9.17, 15) is 8.42 Å². The number of aromatic nitrogens is 3. The van der Waals surface area contributed by atoms with Gasteiger partial charge in [-0.25, -0.2) is 13.1 Å². The maximum atomic E-state index is 12.7. The summed E-state index contributed by atoms with van der Waals surface area (Å²) in [6, 6.07) is 26.1. The molecule has 0 saturated carbocycles. The number of nitrogens with zero attached hydrogens (tertiary/aromatic N) is 3. The largest absolute Gasteiger partial charge is 0.424 e. The number of sulfonamides is 1. The van der Waals surface area contributed by atoms with Crippen LogP contribution < -0.4 is 9.46 Å². The molecule has 0 aliphatic rings. The van der Waals surface area contributed by atoms with E-state index in [1.165, 1.54) is 12.1 Å². The van der Waals surface area contributed by atoms with E-state index >= 15 is 0 Å². The van der Waals surface area contributed by atoms with Crippen molar-refractivity contribution in [1.29, 1.82) is 0 Å². The van der Waals surface area contributed by atoms with Crippen molar-refractivity contribution in [1.82, 2.24) is 15.0 Å². The lowest BCUT2D eigenvalue weighted by Crippen LogP contribution is -2.16. The maximum Gasteiger partial charge on any atom is 0.327 e. The molecule has 0 aliphatic heterocycles. The first-order chi connectivity index (χ1) is 14.1. The molecule has 3 aromatic carbocycles. The van der Waals surface area contributed by atoms with Crippen LogP contribution >= 0.6 is 0 Å². The summed E-state index contributed by atoms with van der Waals surface area (Å²) >= 11 is 0. The van der Waals surface area contributed by atoms with Crippen molar-refractivity contribution in [2.45, 2.75) is 4.90 Å². The van der Waals surface area contributed by atoms with Gasteiger partial charge < -0.3 is 4.74 Å². The van der Waals surface area contributed by atoms with Crippen molar-refractivity contribution in [2.75, 3.05) is 4.72 Å². The molecule has 4 rings (SSSR count). The van der Waals surface area contributed by atoms with E-state index in [0.717, 1.165) is 0 Å². The van der Waals surface area contributed by atoms with Gasteiger partial charge in [0.1, 0.15) is 5.75 Å². The first-order valence-corrected chi connectivity index (χ1v) is 10.2. The molecule has 0 unspecified atom stereocenters. The van der Waals surface area contributed by atoms with Gasteiger partial charge in [0, 0.05) is 5.56 Å². The lowest BCUT2D eigenvalue weighted by Gasteiger charge is -2.10. The van der Waals surface area contributed by atoms with Crippen LogP contribution in [0.1, 0.15) is 0 Å². The van der Waals surface area contributed by atoms with E-state index in [-0.39, 0.29) is 22.7 Å². The van der Waals surface area contributed by atoms with E-state index < -0.39 is 10.0 Å². The van der Waals surface area contributed by atoms with Gasteiger partial charge in [0.2, 0.25) is 5.95 Å². The van der Waals surface area contributed by atoms with Crippen LogP contribution in [0.5, 0.6) is 11.8 Å². The van der Waals surface area contributed by atoms with Crippen LogP contribution in [0.2, 0.25) is 0 Å². The highest BCUT2D eigenvalue weighted by Gasteiger charge is 2.18. The predicted octanol–water partition coefficient (Wildman–Crippen LogP) is 4.13. The van der Waals surface area contributed by atoms with Crippen LogP contribution in [0.25, 0.3) is 11.4 Å². The van der Waals surface area contributed by atoms with Crippen LogP contribution in [0.3, 0.4) is 0 Å². The molecule has 7 nitrogen and oxygen atoms in total. The van der Waals surface area contributed by atoms with Crippen molar-refractivity contribution >= 4 is 16.0 Å². The van der Waals surface area contributed by atoms with Gasteiger partial charge in [0.15, 0.2) is 5.82 Å². The average molecular weight is 404 g/mol. The zero-order valence-corrected chi connectivity index (χ0v) is 16.0. The second kappa shape index (κ2) is 8.07. The summed E-state index contributed by atoms with van der Waals surface area (Å²) in [4.78, 5) is 12.8. The van der Waals surface area contributed by atoms with E-state index in [0.29, 0.717) is 11.3 Å². The van der Waals surface area contributed by atoms with E-state index in [1.54, 1.807) is 30.3 Å². The topological polar surface area (TPSA) is 94.1 Å². The lowest BCUT2D eigenvalue weighted by molar-refractivity contribution is 0.441. The summed E-state index contributed by atoms with van der Waals surface area (Å²) in [6.45, 7) is 0. The summed E-state index contributed by atoms with van der Waals surface area (Å²) in [5, 5.41) is 0. The first kappa shape index (κ1) is 18.6. The molecule has 1 aromatic heterocycles. The molecule has 1 N–H and O–H groups in total. The SMILES string of the molecule is O=S(=O)(Nc1nc(Oc2ccccc2)nc(-c2ccccc2)n1)c1ccccc1. The zero-order chi connectivity index (χ0) is 20.1. The fourth-order valence-corrected chi connectivity index (χ4v) is 3.50. The molecule has 29 heavy (non-hydrogen) atoms. The number of hydrogen-bond acceptors (Lipinski definition) is 6. The van der Waals surface area contributed by atoms with Crippen LogP contribution in [-0.4, -0.2) is 23.4 Å². The summed E-state index contributed by atoms with van der Waals surface area (Å²) in [6.07, 6.45) is 0. The molecule has 0 radical (unpaired) electrons. The molecule has 144 valence electrons. The number of rotatable bonds is 6. The van der Waals surface area contributed by atoms with E-state index in [2.05, 4.69) is 19.7 Å². The Hall–Kier alpha value is -3.78. The summed E-state index contributed by atoms with van der Waals surface area (Å²) in [5.41, 5.74) is 0.702. The van der Waals surface area contributed by atoms with E-state index in [1.807, 2.05) is 48.5 Å². The van der Waals surface area contributed by atoms with Gasteiger partial charge >= 0.3 is 6.01 Å². The zero-order valence-electron chi connectivity index (χ0n) is 15.1. The highest BCUT2D eigenvalue weighted by molar-refractivity contribution is 7.92. The summed E-state index contributed by atoms with van der Waals surface area (Å²) in [5.74, 6) is 0.681. The Morgan fingerprint density at radius 2 is 1.28 bits per heavy atom. The van der Waals surface area contributed by atoms with Crippen LogP contribution in [0.15, 0.2) is 95.9 Å². The quantitative estimate of drug-likeness (QED) is 0.519. The Kier molecular flexibility index (Phi) is 5.17. The Balaban J connectivity index is 1.73. The minimum Gasteiger partial charge on any atom is -0.424 e. The fourth-order valence-electron chi connectivity index (χ4n) is 2.54. The van der Waals surface area contributed by atoms with Gasteiger partial charge in [0.05, 0.1) is 4.90 Å². The Labute approximate surface area is 168 Å². The average Bonchev–Trinajstić information content (AvgIpc) is 2.75. The van der Waals surface area contributed by atoms with Gasteiger partial charge in [0.25, 0.3) is 10.0 Å². The summed E-state index contributed by atoms with van der Waals surface area (Å²) < 4.78 is 33.4. The molecule has 0 amide bonds. The first-order valence-electron chi connectivity index (χ1n) is 8.72. The molecule has 0 saturated heterocycles. The number of para-hydroxylation sites is 1. The molecule has 0 fully saturated rings. The third kappa shape index (κ3) is 4.56. The number of nitrogens with one attached hydrogen (secondary N) is 1. The van der Waals surface area contributed by atoms with Gasteiger partial charge in [-0.3, -0.25) is 0 Å². The Morgan fingerprint density at radius 3 is 1.93 bits per heavy atom. The van der Waals surface area contributed by atoms with Gasteiger partial charge in [-0.15, -0.1) is 0 Å². The van der Waals surface area contributed by atoms with Crippen LogP contribution in [0, 0.1) is 0 Å². The minimum atomic E-state index is -3.86. The van der Waals surface area contributed by atoms with Crippen LogP contribution in [0.4, 0.5) is 5.95 Å². The van der Waals surface area contributed by atoms with Crippen molar-refractivity contribution in [3.63, 3.8) is 0 Å². The normalized spacial score (nSPS) is 11.0. The predicted molar refractivity (Wildman–Crippen MR) is 109 cm³/mol. The molecular weight excluding hydrogens is 388 g/mol. The lowest BCUT2D eigenvalue weighted by atomic mass is 10.2. The molecular formula is C21H16N4O3S. The maximum absolute atomic E-state index is 12.7. The third-order valence-electron chi connectivity index (χ3n) is 3.88. The van der Waals surface area contributed by atoms with Crippen molar-refractivity contribution in [3.05, 3.63) is 91.0 Å². The standard InChI is InChI=1S/C21H16N4O3S/c26-29(27,18-14-8-3-9-15-18)25-20-22-19(16-10-4-1-5-11-16)23-21(24-20)28-17-12-6-2-7-13-17/h1-15H,(H,22,23,24,25). The van der Waals surface area contributed by atoms with Gasteiger partial charge in [-0.05, 0) is 24.3 Å². The second-order valence-electron chi connectivity index (χ2n) is 5.96. The second-order valence-corrected chi connectivity index (χ2v) is 7.65. The molecule has 0 atom stereocenters. The van der Waals surface area contributed by atoms with Crippen molar-refractivity contribution in [2.24, 2.45) is 0 Å². The minimum absolute atomic E-state index is 0.0178. The molecule has 0 spiro atoms. The Morgan fingerprint density at radius 1 is 0.690 bits per heavy atom. The highest BCUT2D eigenvalue weighted by atomic mass is 32.2. The Bertz CT molecular complexity index is 1200. The van der Waals surface area contributed by atoms with E-state index in [4.69, 9.17) is 4.74 Å². The molecule has 4 aromatic rings.